The summed E-state index contributed by atoms with van der Waals surface area (Å²) in [4.78, 5) is 18.7. The highest BCUT2D eigenvalue weighted by atomic mass is 16.1. The number of fused-ring (bicyclic) bond motifs is 1. The van der Waals surface area contributed by atoms with E-state index in [4.69, 9.17) is 0 Å². The minimum Gasteiger partial charge on any atom is -0.363 e. The summed E-state index contributed by atoms with van der Waals surface area (Å²) >= 11 is 0. The number of nitrogens with one attached hydrogen (secondary N) is 1. The van der Waals surface area contributed by atoms with Crippen LogP contribution in [0.1, 0.15) is 27.0 Å². The van der Waals surface area contributed by atoms with E-state index >= 15 is 0 Å². The zero-order valence-corrected chi connectivity index (χ0v) is 14.6. The Hall–Kier alpha value is -3.14. The highest BCUT2D eigenvalue weighted by Gasteiger charge is 2.18. The molecule has 0 spiro atoms. The molecule has 3 aromatic rings. The monoisotopic (exact) mass is 343 g/mol. The average Bonchev–Trinajstić information content (AvgIpc) is 3.13. The molecule has 0 bridgehead atoms. The van der Waals surface area contributed by atoms with Gasteiger partial charge in [-0.15, -0.1) is 0 Å². The van der Waals surface area contributed by atoms with Crippen LogP contribution in [0.2, 0.25) is 0 Å². The van der Waals surface area contributed by atoms with Crippen LogP contribution < -0.4 is 10.2 Å². The highest BCUT2D eigenvalue weighted by molar-refractivity contribution is 5.94. The van der Waals surface area contributed by atoms with Gasteiger partial charge in [0.25, 0.3) is 5.91 Å². The molecule has 1 N–H and O–H groups in total. The van der Waals surface area contributed by atoms with E-state index in [-0.39, 0.29) is 5.91 Å². The van der Waals surface area contributed by atoms with Crippen LogP contribution in [0.4, 0.5) is 5.69 Å². The molecule has 2 heterocycles. The van der Waals surface area contributed by atoms with Crippen molar-refractivity contribution in [1.82, 2.24) is 10.3 Å². The van der Waals surface area contributed by atoms with Crippen molar-refractivity contribution in [3.05, 3.63) is 95.3 Å². The van der Waals surface area contributed by atoms with Crippen molar-refractivity contribution in [3.8, 4) is 0 Å². The molecule has 2 aromatic carbocycles. The van der Waals surface area contributed by atoms with E-state index in [2.05, 4.69) is 39.5 Å². The summed E-state index contributed by atoms with van der Waals surface area (Å²) in [5, 5.41) is 2.97. The molecule has 4 nitrogen and oxygen atoms in total. The molecule has 0 saturated carbocycles. The standard InChI is InChI=1S/C22H21N3O/c26-22(24-13-11-17-4-3-12-23-14-17)18-7-9-21(10-8-18)25-15-19-5-1-2-6-20(19)16-25/h1-10,12,14H,11,13,15-16H2,(H,24,26). The number of nitrogens with zero attached hydrogens (tertiary/aromatic N) is 2. The van der Waals surface area contributed by atoms with Crippen LogP contribution in [-0.2, 0) is 19.5 Å². The predicted molar refractivity (Wildman–Crippen MR) is 103 cm³/mol. The van der Waals surface area contributed by atoms with Crippen molar-refractivity contribution in [1.29, 1.82) is 0 Å². The summed E-state index contributed by atoms with van der Waals surface area (Å²) in [5.74, 6) is -0.0369. The maximum absolute atomic E-state index is 12.3. The quantitative estimate of drug-likeness (QED) is 0.770. The van der Waals surface area contributed by atoms with Crippen LogP contribution in [0, 0.1) is 0 Å². The fourth-order valence-electron chi connectivity index (χ4n) is 3.31. The number of amides is 1. The van der Waals surface area contributed by atoms with E-state index in [1.165, 1.54) is 11.1 Å². The Labute approximate surface area is 153 Å². The number of rotatable bonds is 5. The van der Waals surface area contributed by atoms with E-state index in [0.717, 1.165) is 30.8 Å². The van der Waals surface area contributed by atoms with E-state index < -0.39 is 0 Å². The number of carbonyl (C=O) groups excluding carboxylic acids is 1. The number of hydrogen-bond acceptors (Lipinski definition) is 3. The van der Waals surface area contributed by atoms with Crippen molar-refractivity contribution in [2.45, 2.75) is 19.5 Å². The maximum Gasteiger partial charge on any atom is 0.251 e. The van der Waals surface area contributed by atoms with Gasteiger partial charge in [-0.05, 0) is 53.4 Å². The summed E-state index contributed by atoms with van der Waals surface area (Å²) < 4.78 is 0. The highest BCUT2D eigenvalue weighted by Crippen LogP contribution is 2.28. The second-order valence-corrected chi connectivity index (χ2v) is 6.54. The van der Waals surface area contributed by atoms with Crippen LogP contribution in [0.25, 0.3) is 0 Å². The van der Waals surface area contributed by atoms with Gasteiger partial charge in [-0.2, -0.15) is 0 Å². The van der Waals surface area contributed by atoms with Crippen molar-refractivity contribution < 1.29 is 4.79 Å². The molecule has 4 heteroatoms. The predicted octanol–water partition coefficient (Wildman–Crippen LogP) is 3.57. The summed E-state index contributed by atoms with van der Waals surface area (Å²) in [5.41, 5.74) is 5.72. The van der Waals surface area contributed by atoms with E-state index in [9.17, 15) is 4.79 Å². The number of hydrogen-bond donors (Lipinski definition) is 1. The first-order valence-electron chi connectivity index (χ1n) is 8.88. The lowest BCUT2D eigenvalue weighted by Crippen LogP contribution is -2.25. The Kier molecular flexibility index (Phi) is 4.65. The first kappa shape index (κ1) is 16.3. The molecule has 0 radical (unpaired) electrons. The zero-order valence-electron chi connectivity index (χ0n) is 14.6. The third-order valence-corrected chi connectivity index (χ3v) is 4.76. The lowest BCUT2D eigenvalue weighted by atomic mass is 10.1. The zero-order chi connectivity index (χ0) is 17.8. The van der Waals surface area contributed by atoms with Gasteiger partial charge in [0.2, 0.25) is 0 Å². The first-order chi connectivity index (χ1) is 12.8. The Morgan fingerprint density at radius 1 is 0.962 bits per heavy atom. The second kappa shape index (κ2) is 7.40. The van der Waals surface area contributed by atoms with Gasteiger partial charge in [-0.1, -0.05) is 30.3 Å². The molecule has 1 aromatic heterocycles. The normalized spacial score (nSPS) is 12.7. The van der Waals surface area contributed by atoms with Crippen LogP contribution >= 0.6 is 0 Å². The van der Waals surface area contributed by atoms with Gasteiger partial charge in [0.15, 0.2) is 0 Å². The van der Waals surface area contributed by atoms with Gasteiger partial charge in [0.1, 0.15) is 0 Å². The Morgan fingerprint density at radius 2 is 1.69 bits per heavy atom. The molecule has 0 unspecified atom stereocenters. The summed E-state index contributed by atoms with van der Waals surface area (Å²) in [6.07, 6.45) is 4.36. The Bertz CT molecular complexity index is 866. The number of aromatic nitrogens is 1. The van der Waals surface area contributed by atoms with Crippen LogP contribution in [0.15, 0.2) is 73.1 Å². The molecular weight excluding hydrogens is 322 g/mol. The molecular formula is C22H21N3O. The smallest absolute Gasteiger partial charge is 0.251 e. The molecule has 0 aliphatic carbocycles. The Balaban J connectivity index is 1.33. The van der Waals surface area contributed by atoms with Gasteiger partial charge in [-0.3, -0.25) is 9.78 Å². The number of carbonyl (C=O) groups is 1. The van der Waals surface area contributed by atoms with Crippen LogP contribution in [0.5, 0.6) is 0 Å². The molecule has 1 aliphatic rings. The summed E-state index contributed by atoms with van der Waals surface area (Å²) in [6.45, 7) is 2.45. The van der Waals surface area contributed by atoms with Crippen LogP contribution in [0.3, 0.4) is 0 Å². The van der Waals surface area contributed by atoms with Crippen molar-refractivity contribution in [2.24, 2.45) is 0 Å². The lowest BCUT2D eigenvalue weighted by molar-refractivity contribution is 0.0954. The minimum atomic E-state index is -0.0369. The van der Waals surface area contributed by atoms with E-state index in [1.54, 1.807) is 6.20 Å². The minimum absolute atomic E-state index is 0.0369. The third kappa shape index (κ3) is 3.59. The molecule has 1 amide bonds. The molecule has 130 valence electrons. The molecule has 0 fully saturated rings. The Morgan fingerprint density at radius 3 is 2.35 bits per heavy atom. The fourth-order valence-corrected chi connectivity index (χ4v) is 3.31. The summed E-state index contributed by atoms with van der Waals surface area (Å²) in [6, 6.07) is 20.3. The van der Waals surface area contributed by atoms with Gasteiger partial charge in [0.05, 0.1) is 0 Å². The molecule has 0 atom stereocenters. The summed E-state index contributed by atoms with van der Waals surface area (Å²) in [7, 11) is 0. The van der Waals surface area contributed by atoms with Gasteiger partial charge in [0, 0.05) is 43.3 Å². The van der Waals surface area contributed by atoms with E-state index in [0.29, 0.717) is 12.1 Å². The van der Waals surface area contributed by atoms with Crippen molar-refractivity contribution >= 4 is 11.6 Å². The molecule has 1 aliphatic heterocycles. The topological polar surface area (TPSA) is 45.2 Å². The van der Waals surface area contributed by atoms with Gasteiger partial charge >= 0.3 is 0 Å². The van der Waals surface area contributed by atoms with Crippen molar-refractivity contribution in [2.75, 3.05) is 11.4 Å². The van der Waals surface area contributed by atoms with Crippen LogP contribution in [-0.4, -0.2) is 17.4 Å². The largest absolute Gasteiger partial charge is 0.363 e. The SMILES string of the molecule is O=C(NCCc1cccnc1)c1ccc(N2Cc3ccccc3C2)cc1. The fraction of sp³-hybridized carbons (Fsp3) is 0.182. The second-order valence-electron chi connectivity index (χ2n) is 6.54. The third-order valence-electron chi connectivity index (χ3n) is 4.76. The van der Waals surface area contributed by atoms with Gasteiger partial charge < -0.3 is 10.2 Å². The van der Waals surface area contributed by atoms with E-state index in [1.807, 2.05) is 42.6 Å². The molecule has 26 heavy (non-hydrogen) atoms. The average molecular weight is 343 g/mol. The number of benzene rings is 2. The van der Waals surface area contributed by atoms with Gasteiger partial charge in [-0.25, -0.2) is 0 Å². The lowest BCUT2D eigenvalue weighted by Gasteiger charge is -2.18. The van der Waals surface area contributed by atoms with Crippen molar-refractivity contribution in [3.63, 3.8) is 0 Å². The first-order valence-corrected chi connectivity index (χ1v) is 8.88. The number of pyridine rings is 1. The maximum atomic E-state index is 12.3. The molecule has 0 saturated heterocycles. The molecule has 4 rings (SSSR count). The number of anilines is 1.